The van der Waals surface area contributed by atoms with E-state index in [1.54, 1.807) is 19.1 Å². The van der Waals surface area contributed by atoms with Gasteiger partial charge in [-0.3, -0.25) is 4.79 Å². The van der Waals surface area contributed by atoms with Crippen LogP contribution in [0.4, 0.5) is 4.79 Å². The molecule has 9 nitrogen and oxygen atoms in total. The van der Waals surface area contributed by atoms with Crippen molar-refractivity contribution in [2.45, 2.75) is 24.3 Å². The molecule has 0 saturated carbocycles. The van der Waals surface area contributed by atoms with Gasteiger partial charge in [0.05, 0.1) is 32.1 Å². The van der Waals surface area contributed by atoms with Crippen molar-refractivity contribution in [2.75, 3.05) is 14.2 Å². The summed E-state index contributed by atoms with van der Waals surface area (Å²) in [7, 11) is -1.55. The van der Waals surface area contributed by atoms with Gasteiger partial charge in [0.15, 0.2) is 0 Å². The number of furan rings is 1. The molecule has 146 valence electrons. The Bertz CT molecular complexity index is 909. The number of sulfonamides is 1. The molecule has 0 fully saturated rings. The second kappa shape index (κ2) is 8.58. The molecule has 1 aromatic carbocycles. The normalized spacial score (nSPS) is 12.1. The predicted octanol–water partition coefficient (Wildman–Crippen LogP) is 1.33. The molecule has 10 heteroatoms. The summed E-state index contributed by atoms with van der Waals surface area (Å²) < 4.78 is 36.7. The van der Waals surface area contributed by atoms with Crippen molar-refractivity contribution in [3.05, 3.63) is 47.9 Å². The first-order valence-electron chi connectivity index (χ1n) is 7.99. The molecule has 0 radical (unpaired) electrons. The number of carbonyl (C=O) groups excluding carboxylic acids is 2. The number of urea groups is 1. The van der Waals surface area contributed by atoms with Crippen LogP contribution in [0.5, 0.6) is 5.75 Å². The van der Waals surface area contributed by atoms with Crippen LogP contribution in [0.2, 0.25) is 0 Å². The zero-order valence-corrected chi connectivity index (χ0v) is 15.9. The van der Waals surface area contributed by atoms with Gasteiger partial charge < -0.3 is 19.8 Å². The molecule has 1 unspecified atom stereocenters. The molecule has 3 N–H and O–H groups in total. The number of hydrogen-bond acceptors (Lipinski definition) is 6. The van der Waals surface area contributed by atoms with Crippen molar-refractivity contribution < 1.29 is 27.2 Å². The second-order valence-corrected chi connectivity index (χ2v) is 7.34. The fraction of sp³-hybridized carbons (Fsp3) is 0.294. The fourth-order valence-corrected chi connectivity index (χ4v) is 3.53. The van der Waals surface area contributed by atoms with Crippen LogP contribution < -0.4 is 20.1 Å². The van der Waals surface area contributed by atoms with Gasteiger partial charge in [-0.2, -0.15) is 0 Å². The molecule has 0 aliphatic heterocycles. The minimum absolute atomic E-state index is 0.0469. The molecular weight excluding hydrogens is 374 g/mol. The summed E-state index contributed by atoms with van der Waals surface area (Å²) in [5.74, 6) is -0.237. The van der Waals surface area contributed by atoms with Gasteiger partial charge in [0, 0.05) is 12.6 Å². The average molecular weight is 395 g/mol. The SMILES string of the molecule is CNC(=O)NS(=O)(=O)c1cc(CC(=O)NC(C)c2ccoc2)ccc1OC. The number of ether oxygens (including phenoxy) is 1. The van der Waals surface area contributed by atoms with Crippen molar-refractivity contribution in [3.8, 4) is 5.75 Å². The Morgan fingerprint density at radius 2 is 2.00 bits per heavy atom. The minimum Gasteiger partial charge on any atom is -0.495 e. The van der Waals surface area contributed by atoms with Crippen LogP contribution in [0.3, 0.4) is 0 Å². The highest BCUT2D eigenvalue weighted by molar-refractivity contribution is 7.90. The molecule has 0 aliphatic carbocycles. The lowest BCUT2D eigenvalue weighted by molar-refractivity contribution is -0.121. The quantitative estimate of drug-likeness (QED) is 0.649. The van der Waals surface area contributed by atoms with Crippen LogP contribution in [0.1, 0.15) is 24.1 Å². The molecule has 0 bridgehead atoms. The summed E-state index contributed by atoms with van der Waals surface area (Å²) >= 11 is 0. The number of carbonyl (C=O) groups is 2. The fourth-order valence-electron chi connectivity index (χ4n) is 2.35. The number of rotatable bonds is 7. The highest BCUT2D eigenvalue weighted by Crippen LogP contribution is 2.25. The van der Waals surface area contributed by atoms with E-state index in [4.69, 9.17) is 9.15 Å². The Kier molecular flexibility index (Phi) is 6.45. The van der Waals surface area contributed by atoms with E-state index >= 15 is 0 Å². The van der Waals surface area contributed by atoms with Crippen LogP contribution in [-0.4, -0.2) is 34.5 Å². The topological polar surface area (TPSA) is 127 Å². The summed E-state index contributed by atoms with van der Waals surface area (Å²) in [5.41, 5.74) is 1.26. The Balaban J connectivity index is 2.18. The Morgan fingerprint density at radius 3 is 2.59 bits per heavy atom. The lowest BCUT2D eigenvalue weighted by atomic mass is 10.1. The number of nitrogens with one attached hydrogen (secondary N) is 3. The molecule has 27 heavy (non-hydrogen) atoms. The van der Waals surface area contributed by atoms with Gasteiger partial charge >= 0.3 is 6.03 Å². The molecule has 3 amide bonds. The summed E-state index contributed by atoms with van der Waals surface area (Å²) in [6.45, 7) is 1.81. The van der Waals surface area contributed by atoms with Crippen molar-refractivity contribution in [1.82, 2.24) is 15.4 Å². The van der Waals surface area contributed by atoms with Gasteiger partial charge in [-0.25, -0.2) is 17.9 Å². The van der Waals surface area contributed by atoms with Crippen LogP contribution in [0, 0.1) is 0 Å². The van der Waals surface area contributed by atoms with Gasteiger partial charge in [0.1, 0.15) is 10.6 Å². The highest BCUT2D eigenvalue weighted by atomic mass is 32.2. The van der Waals surface area contributed by atoms with Gasteiger partial charge in [0.2, 0.25) is 5.91 Å². The summed E-state index contributed by atoms with van der Waals surface area (Å²) in [4.78, 5) is 23.4. The maximum absolute atomic E-state index is 12.4. The van der Waals surface area contributed by atoms with Crippen molar-refractivity contribution >= 4 is 22.0 Å². The van der Waals surface area contributed by atoms with Gasteiger partial charge in [-0.1, -0.05) is 6.07 Å². The first kappa shape index (κ1) is 20.3. The molecule has 2 aromatic rings. The smallest absolute Gasteiger partial charge is 0.328 e. The summed E-state index contributed by atoms with van der Waals surface area (Å²) in [6.07, 6.45) is 3.00. The molecular formula is C17H21N3O6S. The summed E-state index contributed by atoms with van der Waals surface area (Å²) in [5, 5.41) is 4.97. The van der Waals surface area contributed by atoms with E-state index in [2.05, 4.69) is 10.6 Å². The van der Waals surface area contributed by atoms with E-state index in [-0.39, 0.29) is 29.0 Å². The van der Waals surface area contributed by atoms with Crippen molar-refractivity contribution in [2.24, 2.45) is 0 Å². The molecule has 2 rings (SSSR count). The third-order valence-corrected chi connectivity index (χ3v) is 5.11. The molecule has 1 atom stereocenters. The summed E-state index contributed by atoms with van der Waals surface area (Å²) in [6, 6.07) is 4.92. The molecule has 0 spiro atoms. The van der Waals surface area contributed by atoms with Crippen molar-refractivity contribution in [1.29, 1.82) is 0 Å². The monoisotopic (exact) mass is 395 g/mol. The first-order valence-corrected chi connectivity index (χ1v) is 9.48. The molecule has 0 saturated heterocycles. The number of benzene rings is 1. The first-order chi connectivity index (χ1) is 12.8. The average Bonchev–Trinajstić information content (AvgIpc) is 3.16. The van der Waals surface area contributed by atoms with E-state index in [0.717, 1.165) is 5.56 Å². The Morgan fingerprint density at radius 1 is 1.26 bits per heavy atom. The number of hydrogen-bond donors (Lipinski definition) is 3. The molecule has 0 aliphatic rings. The number of amides is 3. The van der Waals surface area contributed by atoms with Crippen LogP contribution in [0.15, 0.2) is 46.1 Å². The zero-order chi connectivity index (χ0) is 20.0. The lowest BCUT2D eigenvalue weighted by Crippen LogP contribution is -2.37. The lowest BCUT2D eigenvalue weighted by Gasteiger charge is -2.14. The van der Waals surface area contributed by atoms with Gasteiger partial charge in [-0.15, -0.1) is 0 Å². The maximum atomic E-state index is 12.4. The Hall–Kier alpha value is -3.01. The van der Waals surface area contributed by atoms with E-state index in [1.165, 1.54) is 38.8 Å². The zero-order valence-electron chi connectivity index (χ0n) is 15.1. The van der Waals surface area contributed by atoms with Gasteiger partial charge in [0.25, 0.3) is 10.0 Å². The second-order valence-electron chi connectivity index (χ2n) is 5.69. The van der Waals surface area contributed by atoms with Crippen LogP contribution >= 0.6 is 0 Å². The van der Waals surface area contributed by atoms with Crippen LogP contribution in [-0.2, 0) is 21.2 Å². The van der Waals surface area contributed by atoms with E-state index in [1.807, 2.05) is 4.72 Å². The largest absolute Gasteiger partial charge is 0.495 e. The Labute approximate surface area is 157 Å². The van der Waals surface area contributed by atoms with Gasteiger partial charge in [-0.05, 0) is 30.7 Å². The standard InChI is InChI=1S/C17H21N3O6S/c1-11(13-6-7-26-10-13)19-16(21)9-12-4-5-14(25-3)15(8-12)27(23,24)20-17(22)18-2/h4-8,10-11H,9H2,1-3H3,(H,19,21)(H2,18,20,22). The maximum Gasteiger partial charge on any atom is 0.328 e. The minimum atomic E-state index is -4.16. The highest BCUT2D eigenvalue weighted by Gasteiger charge is 2.23. The van der Waals surface area contributed by atoms with Crippen LogP contribution in [0.25, 0.3) is 0 Å². The number of methoxy groups -OCH3 is 1. The predicted molar refractivity (Wildman–Crippen MR) is 96.7 cm³/mol. The third kappa shape index (κ3) is 5.23. The van der Waals surface area contributed by atoms with Crippen molar-refractivity contribution in [3.63, 3.8) is 0 Å². The molecule has 1 heterocycles. The van der Waals surface area contributed by atoms with E-state index < -0.39 is 16.1 Å². The van der Waals surface area contributed by atoms with E-state index in [9.17, 15) is 18.0 Å². The third-order valence-electron chi connectivity index (χ3n) is 3.76. The van der Waals surface area contributed by atoms with E-state index in [0.29, 0.717) is 5.56 Å². The molecule has 1 aromatic heterocycles.